The van der Waals surface area contributed by atoms with Crippen LogP contribution in [0.3, 0.4) is 0 Å². The lowest BCUT2D eigenvalue weighted by Gasteiger charge is -2.26. The molecule has 4 aromatic heterocycles. The van der Waals surface area contributed by atoms with Crippen LogP contribution in [0.1, 0.15) is 40.7 Å². The van der Waals surface area contributed by atoms with Gasteiger partial charge in [-0.3, -0.25) is 28.8 Å². The van der Waals surface area contributed by atoms with Crippen LogP contribution in [-0.2, 0) is 40.3 Å². The summed E-state index contributed by atoms with van der Waals surface area (Å²) in [5.41, 5.74) is 14.3. The van der Waals surface area contributed by atoms with E-state index >= 15 is 0 Å². The van der Waals surface area contributed by atoms with Crippen molar-refractivity contribution in [1.82, 2.24) is 45.6 Å². The molecule has 0 bridgehead atoms. The number of nitrogen functional groups attached to an aromatic ring is 1. The number of hydrogen-bond donors (Lipinski definition) is 7. The van der Waals surface area contributed by atoms with Crippen molar-refractivity contribution < 1.29 is 29.4 Å². The Bertz CT molecular complexity index is 2590. The normalized spacial score (nSPS) is 12.3. The first-order valence-electron chi connectivity index (χ1n) is 19.2. The van der Waals surface area contributed by atoms with Crippen molar-refractivity contribution in [3.8, 4) is 39.3 Å². The Labute approximate surface area is 354 Å². The number of aromatic hydroxyl groups is 1. The molecule has 5 heterocycles. The molecule has 8 N–H and O–H groups in total. The van der Waals surface area contributed by atoms with Crippen LogP contribution in [0.25, 0.3) is 44.4 Å². The number of nitrogens with two attached hydrogens (primary N) is 1. The van der Waals surface area contributed by atoms with Crippen molar-refractivity contribution in [2.45, 2.75) is 39.3 Å². The van der Waals surface area contributed by atoms with E-state index in [1.807, 2.05) is 6.92 Å². The fraction of sp³-hybridized carbons (Fsp3) is 0.262. The number of carbonyl (C=O) groups is 4. The summed E-state index contributed by atoms with van der Waals surface area (Å²) in [5.74, 6) is -0.905. The van der Waals surface area contributed by atoms with Gasteiger partial charge in [0.2, 0.25) is 17.7 Å². The third kappa shape index (κ3) is 8.90. The molecule has 60 heavy (non-hydrogen) atoms. The van der Waals surface area contributed by atoms with Crippen molar-refractivity contribution >= 4 is 63.6 Å². The molecule has 0 saturated carbocycles. The van der Waals surface area contributed by atoms with Crippen molar-refractivity contribution in [3.05, 3.63) is 99.7 Å². The number of fused-ring (bicyclic) bond motifs is 3. The number of nitrogens with one attached hydrogen (secondary N) is 4. The number of carbonyl (C=O) groups excluding carboxylic acids is 4. The Hall–Kier alpha value is -6.49. The molecular formula is C42H42Cl2N10O6. The Balaban J connectivity index is 0.867. The minimum Gasteiger partial charge on any atom is -0.508 e. The molecule has 0 radical (unpaired) electrons. The Morgan fingerprint density at radius 3 is 2.40 bits per heavy atom. The van der Waals surface area contributed by atoms with Gasteiger partial charge in [-0.2, -0.15) is 5.10 Å². The Morgan fingerprint density at radius 2 is 1.67 bits per heavy atom. The largest absolute Gasteiger partial charge is 0.508 e. The molecular weight excluding hydrogens is 811 g/mol. The lowest BCUT2D eigenvalue weighted by atomic mass is 9.92. The minimum atomic E-state index is -0.581. The summed E-state index contributed by atoms with van der Waals surface area (Å²) in [4.78, 5) is 64.0. The van der Waals surface area contributed by atoms with Gasteiger partial charge in [-0.1, -0.05) is 48.3 Å². The number of benzene rings is 2. The molecule has 2 aromatic carbocycles. The zero-order chi connectivity index (χ0) is 42.5. The molecule has 310 valence electrons. The number of amides is 4. The maximum Gasteiger partial charge on any atom is 0.269 e. The number of halogens is 2. The van der Waals surface area contributed by atoms with E-state index < -0.39 is 12.5 Å². The lowest BCUT2D eigenvalue weighted by molar-refractivity contribution is -0.135. The fourth-order valence-corrected chi connectivity index (χ4v) is 7.74. The predicted molar refractivity (Wildman–Crippen MR) is 227 cm³/mol. The number of H-pyrrole nitrogens is 1. The zero-order valence-corrected chi connectivity index (χ0v) is 34.0. The van der Waals surface area contributed by atoms with Crippen LogP contribution in [0.15, 0.2) is 67.1 Å². The number of anilines is 1. The van der Waals surface area contributed by atoms with Gasteiger partial charge >= 0.3 is 0 Å². The van der Waals surface area contributed by atoms with Crippen molar-refractivity contribution in [2.24, 2.45) is 0 Å². The molecule has 0 aliphatic carbocycles. The highest BCUT2D eigenvalue weighted by molar-refractivity contribution is 6.45. The maximum absolute atomic E-state index is 12.8. The first-order valence-corrected chi connectivity index (χ1v) is 20.0. The van der Waals surface area contributed by atoms with E-state index in [0.29, 0.717) is 52.0 Å². The van der Waals surface area contributed by atoms with E-state index in [4.69, 9.17) is 28.9 Å². The van der Waals surface area contributed by atoms with Gasteiger partial charge in [-0.25, -0.2) is 4.98 Å². The van der Waals surface area contributed by atoms with Gasteiger partial charge in [0.25, 0.3) is 5.91 Å². The number of phenolic OH excluding ortho intramolecular Hbond substituents is 1. The molecule has 0 spiro atoms. The van der Waals surface area contributed by atoms with E-state index in [2.05, 4.69) is 36.0 Å². The molecule has 0 fully saturated rings. The van der Waals surface area contributed by atoms with Crippen LogP contribution in [0.4, 0.5) is 5.82 Å². The summed E-state index contributed by atoms with van der Waals surface area (Å²) >= 11 is 13.1. The standard InChI is InChI=1S/C42H42Cl2N10O6/c1-2-26-28(19-50-41(45)37(26)23-3-6-25(56)7-4-23)24-5-8-33(49-18-24)42(60)48-14-13-47-34(57)9-12-46-35(58)21-54-16-11-32(52-54)27-17-30(43)39(44)40-38(27)29-20-53(36(59)22-55)15-10-31(29)51-40/h3-8,11,16-19,51,55-56H,2,9-10,12-15,20-22H2,1H3,(H2,45,50)(H,46,58)(H,47,57)(H,48,60). The molecule has 4 amide bonds. The predicted octanol–water partition coefficient (Wildman–Crippen LogP) is 4.24. The third-order valence-corrected chi connectivity index (χ3v) is 11.1. The maximum atomic E-state index is 12.8. The highest BCUT2D eigenvalue weighted by atomic mass is 35.5. The molecule has 0 unspecified atom stereocenters. The van der Waals surface area contributed by atoms with Gasteiger partial charge in [0.05, 0.1) is 21.3 Å². The van der Waals surface area contributed by atoms with Crippen LogP contribution < -0.4 is 21.7 Å². The average Bonchev–Trinajstić information content (AvgIpc) is 3.88. The van der Waals surface area contributed by atoms with E-state index in [9.17, 15) is 29.4 Å². The van der Waals surface area contributed by atoms with Crippen molar-refractivity contribution in [3.63, 3.8) is 0 Å². The minimum absolute atomic E-state index is 0.0247. The van der Waals surface area contributed by atoms with Crippen LogP contribution in [0.5, 0.6) is 5.75 Å². The van der Waals surface area contributed by atoms with Crippen molar-refractivity contribution in [2.75, 3.05) is 38.5 Å². The SMILES string of the molecule is CCc1c(-c2ccc(C(=O)NCCNC(=O)CCNC(=O)Cn3ccc(-c4cc(Cl)c(Cl)c5[nH]c6c(c45)CN(C(=O)CO)CC6)n3)nc2)cnc(N)c1-c1ccc(O)cc1. The van der Waals surface area contributed by atoms with Gasteiger partial charge in [-0.05, 0) is 47.9 Å². The van der Waals surface area contributed by atoms with Gasteiger partial charge in [0.1, 0.15) is 30.4 Å². The number of rotatable bonds is 14. The van der Waals surface area contributed by atoms with Gasteiger partial charge in [0, 0.05) is 103 Å². The number of aromatic nitrogens is 5. The zero-order valence-electron chi connectivity index (χ0n) is 32.5. The van der Waals surface area contributed by atoms with Crippen LogP contribution in [0, 0.1) is 0 Å². The summed E-state index contributed by atoms with van der Waals surface area (Å²) in [6.45, 7) is 2.50. The summed E-state index contributed by atoms with van der Waals surface area (Å²) in [5, 5.41) is 33.4. The number of nitrogens with zero attached hydrogens (tertiary/aromatic N) is 5. The highest BCUT2D eigenvalue weighted by Gasteiger charge is 2.27. The molecule has 0 saturated heterocycles. The molecule has 7 rings (SSSR count). The molecule has 18 heteroatoms. The number of aliphatic hydroxyl groups excluding tert-OH is 1. The second kappa shape index (κ2) is 18.2. The summed E-state index contributed by atoms with van der Waals surface area (Å²) in [6, 6.07) is 13.6. The van der Waals surface area contributed by atoms with E-state index in [-0.39, 0.29) is 68.3 Å². The van der Waals surface area contributed by atoms with Gasteiger partial charge in [0.15, 0.2) is 0 Å². The third-order valence-electron chi connectivity index (χ3n) is 10.3. The van der Waals surface area contributed by atoms with E-state index in [1.165, 1.54) is 4.68 Å². The molecule has 0 atom stereocenters. The molecule has 16 nitrogen and oxygen atoms in total. The summed E-state index contributed by atoms with van der Waals surface area (Å²) in [6.07, 6.45) is 6.18. The van der Waals surface area contributed by atoms with Crippen LogP contribution >= 0.6 is 23.2 Å². The van der Waals surface area contributed by atoms with Gasteiger partial charge in [-0.15, -0.1) is 0 Å². The number of hydrogen-bond acceptors (Lipinski definition) is 10. The number of aromatic amines is 1. The summed E-state index contributed by atoms with van der Waals surface area (Å²) in [7, 11) is 0. The van der Waals surface area contributed by atoms with Crippen LogP contribution in [0.2, 0.25) is 10.0 Å². The van der Waals surface area contributed by atoms with Crippen LogP contribution in [-0.4, -0.2) is 96.3 Å². The smallest absolute Gasteiger partial charge is 0.269 e. The number of aliphatic hydroxyl groups is 1. The Kier molecular flexibility index (Phi) is 12.6. The average molecular weight is 854 g/mol. The first-order chi connectivity index (χ1) is 28.9. The fourth-order valence-electron chi connectivity index (χ4n) is 7.34. The quantitative estimate of drug-likeness (QED) is 0.0771. The molecule has 1 aliphatic rings. The molecule has 1 aliphatic heterocycles. The molecule has 6 aromatic rings. The van der Waals surface area contributed by atoms with E-state index in [1.54, 1.807) is 72.0 Å². The number of phenols is 1. The highest BCUT2D eigenvalue weighted by Crippen LogP contribution is 2.42. The van der Waals surface area contributed by atoms with Gasteiger partial charge < -0.3 is 41.8 Å². The Morgan fingerprint density at radius 1 is 0.917 bits per heavy atom. The second-order valence-electron chi connectivity index (χ2n) is 14.1. The second-order valence-corrected chi connectivity index (χ2v) is 14.9. The topological polar surface area (TPSA) is 233 Å². The lowest BCUT2D eigenvalue weighted by Crippen LogP contribution is -2.37. The van der Waals surface area contributed by atoms with Crippen molar-refractivity contribution in [1.29, 1.82) is 0 Å². The monoisotopic (exact) mass is 852 g/mol. The number of pyridine rings is 2. The van der Waals surface area contributed by atoms with E-state index in [0.717, 1.165) is 44.5 Å². The summed E-state index contributed by atoms with van der Waals surface area (Å²) < 4.78 is 1.47. The first kappa shape index (κ1) is 41.7.